The third-order valence-corrected chi connectivity index (χ3v) is 5.31. The molecule has 0 aliphatic rings. The summed E-state index contributed by atoms with van der Waals surface area (Å²) < 4.78 is 5.64. The van der Waals surface area contributed by atoms with Crippen molar-refractivity contribution in [2.24, 2.45) is 0 Å². The number of halogens is 2. The van der Waals surface area contributed by atoms with Gasteiger partial charge in [-0.1, -0.05) is 41.4 Å². The maximum Gasteiger partial charge on any atom is 0.253 e. The predicted molar refractivity (Wildman–Crippen MR) is 122 cm³/mol. The maximum atomic E-state index is 12.4. The third kappa shape index (κ3) is 7.22. The van der Waals surface area contributed by atoms with Crippen LogP contribution in [0.25, 0.3) is 0 Å². The van der Waals surface area contributed by atoms with Crippen molar-refractivity contribution in [1.29, 1.82) is 0 Å². The molecule has 0 radical (unpaired) electrons. The Morgan fingerprint density at radius 1 is 0.967 bits per heavy atom. The number of ether oxygens (including phenoxy) is 1. The Labute approximate surface area is 188 Å². The third-order valence-electron chi connectivity index (χ3n) is 4.49. The molecule has 2 aromatic rings. The Hall–Kier alpha value is -2.24. The van der Waals surface area contributed by atoms with Crippen molar-refractivity contribution < 1.29 is 14.3 Å². The Bertz CT molecular complexity index is 869. The first-order valence-corrected chi connectivity index (χ1v) is 10.7. The maximum absolute atomic E-state index is 12.4. The van der Waals surface area contributed by atoms with E-state index in [1.54, 1.807) is 25.1 Å². The van der Waals surface area contributed by atoms with E-state index in [4.69, 9.17) is 27.9 Å². The normalized spacial score (nSPS) is 12.9. The molecule has 0 saturated carbocycles. The van der Waals surface area contributed by atoms with Gasteiger partial charge in [0.1, 0.15) is 11.8 Å². The summed E-state index contributed by atoms with van der Waals surface area (Å²) in [6.07, 6.45) is 1.74. The second-order valence-electron chi connectivity index (χ2n) is 7.56. The van der Waals surface area contributed by atoms with Crippen molar-refractivity contribution in [2.75, 3.05) is 0 Å². The van der Waals surface area contributed by atoms with Crippen LogP contribution in [0.5, 0.6) is 5.75 Å². The fourth-order valence-corrected chi connectivity index (χ4v) is 3.24. The highest BCUT2D eigenvalue weighted by Gasteiger charge is 2.20. The molecule has 2 N–H and O–H groups in total. The Kier molecular flexibility index (Phi) is 9.00. The number of rotatable bonds is 9. The van der Waals surface area contributed by atoms with Crippen LogP contribution in [0.3, 0.4) is 0 Å². The van der Waals surface area contributed by atoms with Crippen molar-refractivity contribution in [2.45, 2.75) is 58.7 Å². The van der Waals surface area contributed by atoms with Crippen LogP contribution in [-0.2, 0) is 11.2 Å². The smallest absolute Gasteiger partial charge is 0.253 e. The highest BCUT2D eigenvalue weighted by atomic mass is 35.5. The lowest BCUT2D eigenvalue weighted by atomic mass is 10.1. The van der Waals surface area contributed by atoms with E-state index in [0.717, 1.165) is 18.6 Å². The van der Waals surface area contributed by atoms with Gasteiger partial charge < -0.3 is 15.4 Å². The van der Waals surface area contributed by atoms with Crippen LogP contribution in [0.15, 0.2) is 42.5 Å². The van der Waals surface area contributed by atoms with Crippen LogP contribution >= 0.6 is 23.2 Å². The number of hydrogen-bond donors (Lipinski definition) is 2. The molecule has 0 saturated heterocycles. The van der Waals surface area contributed by atoms with Gasteiger partial charge in [-0.2, -0.15) is 0 Å². The van der Waals surface area contributed by atoms with Crippen molar-refractivity contribution in [3.63, 3.8) is 0 Å². The van der Waals surface area contributed by atoms with Crippen LogP contribution in [0, 0.1) is 0 Å². The van der Waals surface area contributed by atoms with Gasteiger partial charge in [0.15, 0.2) is 0 Å². The summed E-state index contributed by atoms with van der Waals surface area (Å²) in [4.78, 5) is 24.8. The summed E-state index contributed by atoms with van der Waals surface area (Å²) in [5.41, 5.74) is 1.41. The average Bonchev–Trinajstić information content (AvgIpc) is 2.69. The number of carbonyl (C=O) groups excluding carboxylic acids is 2. The van der Waals surface area contributed by atoms with Crippen molar-refractivity contribution in [1.82, 2.24) is 10.6 Å². The SMILES string of the molecule is CC(CCc1ccc(OC(C)C)cc1)NC(=O)C(C)NC(=O)c1cccc(Cl)c1Cl. The lowest BCUT2D eigenvalue weighted by Crippen LogP contribution is -2.47. The molecule has 7 heteroatoms. The van der Waals surface area contributed by atoms with Gasteiger partial charge >= 0.3 is 0 Å². The summed E-state index contributed by atoms with van der Waals surface area (Å²) >= 11 is 12.0. The Balaban J connectivity index is 1.81. The van der Waals surface area contributed by atoms with Crippen LogP contribution in [0.2, 0.25) is 10.0 Å². The predicted octanol–water partition coefficient (Wildman–Crippen LogP) is 5.04. The molecule has 30 heavy (non-hydrogen) atoms. The number of amides is 2. The first-order chi connectivity index (χ1) is 14.2. The molecule has 2 atom stereocenters. The van der Waals surface area contributed by atoms with E-state index in [9.17, 15) is 9.59 Å². The van der Waals surface area contributed by atoms with Gasteiger partial charge in [0.2, 0.25) is 5.91 Å². The zero-order chi connectivity index (χ0) is 22.3. The monoisotopic (exact) mass is 450 g/mol. The molecule has 0 bridgehead atoms. The number of benzene rings is 2. The van der Waals surface area contributed by atoms with E-state index in [-0.39, 0.29) is 28.6 Å². The van der Waals surface area contributed by atoms with Gasteiger partial charge in [-0.05, 0) is 70.4 Å². The van der Waals surface area contributed by atoms with Crippen molar-refractivity contribution in [3.8, 4) is 5.75 Å². The van der Waals surface area contributed by atoms with Gasteiger partial charge in [0.25, 0.3) is 5.91 Å². The van der Waals surface area contributed by atoms with Gasteiger partial charge in [0, 0.05) is 6.04 Å². The largest absolute Gasteiger partial charge is 0.491 e. The summed E-state index contributed by atoms with van der Waals surface area (Å²) in [5, 5.41) is 6.05. The summed E-state index contributed by atoms with van der Waals surface area (Å²) in [6, 6.07) is 12.0. The number of nitrogens with one attached hydrogen (secondary N) is 2. The molecule has 0 heterocycles. The number of hydrogen-bond acceptors (Lipinski definition) is 3. The van der Waals surface area contributed by atoms with Crippen LogP contribution in [-0.4, -0.2) is 30.0 Å². The zero-order valence-electron chi connectivity index (χ0n) is 17.7. The van der Waals surface area contributed by atoms with Crippen molar-refractivity contribution in [3.05, 3.63) is 63.6 Å². The average molecular weight is 451 g/mol. The second kappa shape index (κ2) is 11.2. The molecule has 0 aromatic heterocycles. The molecule has 162 valence electrons. The van der Waals surface area contributed by atoms with E-state index >= 15 is 0 Å². The van der Waals surface area contributed by atoms with Gasteiger partial charge in [-0.15, -0.1) is 0 Å². The number of carbonyl (C=O) groups is 2. The summed E-state index contributed by atoms with van der Waals surface area (Å²) in [7, 11) is 0. The molecular weight excluding hydrogens is 423 g/mol. The van der Waals surface area contributed by atoms with Gasteiger partial charge in [0.05, 0.1) is 21.7 Å². The first kappa shape index (κ1) is 24.0. The van der Waals surface area contributed by atoms with E-state index in [2.05, 4.69) is 10.6 Å². The molecule has 2 rings (SSSR count). The van der Waals surface area contributed by atoms with E-state index in [1.807, 2.05) is 45.0 Å². The minimum atomic E-state index is -0.706. The topological polar surface area (TPSA) is 67.4 Å². The quantitative estimate of drug-likeness (QED) is 0.562. The van der Waals surface area contributed by atoms with Crippen LogP contribution < -0.4 is 15.4 Å². The molecular formula is C23H28Cl2N2O3. The molecule has 2 unspecified atom stereocenters. The fourth-order valence-electron chi connectivity index (χ4n) is 2.85. The fraction of sp³-hybridized carbons (Fsp3) is 0.391. The molecule has 0 aliphatic heterocycles. The van der Waals surface area contributed by atoms with E-state index in [1.165, 1.54) is 5.56 Å². The summed E-state index contributed by atoms with van der Waals surface area (Å²) in [5.74, 6) is 0.149. The zero-order valence-corrected chi connectivity index (χ0v) is 19.2. The standard InChI is InChI=1S/C23H28Cl2N2O3/c1-14(2)30-18-12-10-17(11-13-18)9-8-15(3)26-22(28)16(4)27-23(29)19-6-5-7-20(24)21(19)25/h5-7,10-16H,8-9H2,1-4H3,(H,26,28)(H,27,29). The van der Waals surface area contributed by atoms with Gasteiger partial charge in [-0.25, -0.2) is 0 Å². The first-order valence-electron chi connectivity index (χ1n) is 9.98. The van der Waals surface area contributed by atoms with Crippen LogP contribution in [0.4, 0.5) is 0 Å². The molecule has 2 amide bonds. The molecule has 0 spiro atoms. The molecule has 0 aliphatic carbocycles. The highest BCUT2D eigenvalue weighted by Crippen LogP contribution is 2.25. The Morgan fingerprint density at radius 3 is 2.27 bits per heavy atom. The van der Waals surface area contributed by atoms with Crippen molar-refractivity contribution >= 4 is 35.0 Å². The van der Waals surface area contributed by atoms with E-state index in [0.29, 0.717) is 5.02 Å². The lowest BCUT2D eigenvalue weighted by Gasteiger charge is -2.19. The molecule has 0 fully saturated rings. The summed E-state index contributed by atoms with van der Waals surface area (Å²) in [6.45, 7) is 7.55. The van der Waals surface area contributed by atoms with Crippen LogP contribution in [0.1, 0.15) is 50.0 Å². The van der Waals surface area contributed by atoms with Gasteiger partial charge in [-0.3, -0.25) is 9.59 Å². The highest BCUT2D eigenvalue weighted by molar-refractivity contribution is 6.43. The minimum Gasteiger partial charge on any atom is -0.491 e. The lowest BCUT2D eigenvalue weighted by molar-refractivity contribution is -0.123. The minimum absolute atomic E-state index is 0.0433. The molecule has 2 aromatic carbocycles. The van der Waals surface area contributed by atoms with E-state index < -0.39 is 11.9 Å². The molecule has 5 nitrogen and oxygen atoms in total. The number of aryl methyl sites for hydroxylation is 1. The Morgan fingerprint density at radius 2 is 1.63 bits per heavy atom. The second-order valence-corrected chi connectivity index (χ2v) is 8.34.